The Hall–Kier alpha value is -0.570. The fourth-order valence-corrected chi connectivity index (χ4v) is 1.36. The van der Waals surface area contributed by atoms with Crippen molar-refractivity contribution in [1.29, 1.82) is 0 Å². The number of rotatable bonds is 6. The van der Waals surface area contributed by atoms with E-state index in [9.17, 15) is 9.90 Å². The Labute approximate surface area is 80.1 Å². The largest absolute Gasteiger partial charge is 0.467 e. The van der Waals surface area contributed by atoms with Crippen LogP contribution in [0, 0.1) is 5.92 Å². The normalized spacial score (nSPS) is 15.1. The van der Waals surface area contributed by atoms with E-state index in [4.69, 9.17) is 0 Å². The zero-order chi connectivity index (χ0) is 10.3. The number of methoxy groups -OCH3 is 1. The summed E-state index contributed by atoms with van der Waals surface area (Å²) in [5, 5.41) is 9.53. The quantitative estimate of drug-likeness (QED) is 0.646. The maximum atomic E-state index is 11.0. The van der Waals surface area contributed by atoms with Crippen LogP contribution in [0.15, 0.2) is 0 Å². The van der Waals surface area contributed by atoms with Crippen molar-refractivity contribution in [3.05, 3.63) is 0 Å². The summed E-state index contributed by atoms with van der Waals surface area (Å²) in [5.41, 5.74) is 0. The molecular weight excluding hydrogens is 168 g/mol. The van der Waals surface area contributed by atoms with Crippen LogP contribution in [-0.2, 0) is 9.53 Å². The molecule has 0 aliphatic carbocycles. The van der Waals surface area contributed by atoms with Crippen LogP contribution in [0.4, 0.5) is 0 Å². The van der Waals surface area contributed by atoms with Gasteiger partial charge in [0.05, 0.1) is 7.11 Å². The van der Waals surface area contributed by atoms with E-state index < -0.39 is 12.1 Å². The second-order valence-corrected chi connectivity index (χ2v) is 3.28. The molecule has 0 aromatic heterocycles. The van der Waals surface area contributed by atoms with E-state index in [1.165, 1.54) is 7.11 Å². The van der Waals surface area contributed by atoms with Crippen LogP contribution in [0.25, 0.3) is 0 Å². The van der Waals surface area contributed by atoms with E-state index in [0.717, 1.165) is 25.7 Å². The maximum Gasteiger partial charge on any atom is 0.334 e. The smallest absolute Gasteiger partial charge is 0.334 e. The summed E-state index contributed by atoms with van der Waals surface area (Å²) in [4.78, 5) is 11.0. The zero-order valence-corrected chi connectivity index (χ0v) is 8.75. The van der Waals surface area contributed by atoms with Gasteiger partial charge in [0, 0.05) is 0 Å². The Morgan fingerprint density at radius 3 is 2.46 bits per heavy atom. The van der Waals surface area contributed by atoms with Gasteiger partial charge in [-0.05, 0) is 12.3 Å². The molecule has 13 heavy (non-hydrogen) atoms. The van der Waals surface area contributed by atoms with Crippen molar-refractivity contribution >= 4 is 5.97 Å². The first-order valence-electron chi connectivity index (χ1n) is 4.93. The average molecular weight is 188 g/mol. The molecule has 3 nitrogen and oxygen atoms in total. The SMILES string of the molecule is CCCCC(CC)C(O)C(=O)OC. The summed E-state index contributed by atoms with van der Waals surface area (Å²) in [5.74, 6) is -0.463. The summed E-state index contributed by atoms with van der Waals surface area (Å²) < 4.78 is 4.49. The molecule has 0 amide bonds. The lowest BCUT2D eigenvalue weighted by atomic mass is 9.93. The van der Waals surface area contributed by atoms with E-state index in [1.54, 1.807) is 0 Å². The number of carbonyl (C=O) groups is 1. The van der Waals surface area contributed by atoms with Crippen molar-refractivity contribution in [2.45, 2.75) is 45.6 Å². The number of aliphatic hydroxyl groups excluding tert-OH is 1. The molecule has 0 heterocycles. The molecule has 0 spiro atoms. The highest BCUT2D eigenvalue weighted by Crippen LogP contribution is 2.17. The molecule has 0 aliphatic rings. The van der Waals surface area contributed by atoms with Gasteiger partial charge in [0.15, 0.2) is 6.10 Å². The molecular formula is C10H20O3. The molecule has 0 aromatic carbocycles. The maximum absolute atomic E-state index is 11.0. The Bertz CT molecular complexity index is 145. The highest BCUT2D eigenvalue weighted by Gasteiger charge is 2.24. The van der Waals surface area contributed by atoms with Crippen LogP contribution < -0.4 is 0 Å². The average Bonchev–Trinajstić information content (AvgIpc) is 2.17. The summed E-state index contributed by atoms with van der Waals surface area (Å²) in [6.07, 6.45) is 2.90. The van der Waals surface area contributed by atoms with E-state index in [1.807, 2.05) is 6.92 Å². The Morgan fingerprint density at radius 2 is 2.08 bits per heavy atom. The number of unbranched alkanes of at least 4 members (excludes halogenated alkanes) is 1. The van der Waals surface area contributed by atoms with Crippen LogP contribution in [0.1, 0.15) is 39.5 Å². The fraction of sp³-hybridized carbons (Fsp3) is 0.900. The van der Waals surface area contributed by atoms with Gasteiger partial charge >= 0.3 is 5.97 Å². The zero-order valence-electron chi connectivity index (χ0n) is 8.75. The molecule has 2 unspecified atom stereocenters. The van der Waals surface area contributed by atoms with E-state index >= 15 is 0 Å². The molecule has 3 heteroatoms. The second-order valence-electron chi connectivity index (χ2n) is 3.28. The van der Waals surface area contributed by atoms with Gasteiger partial charge in [-0.2, -0.15) is 0 Å². The molecule has 1 N–H and O–H groups in total. The summed E-state index contributed by atoms with van der Waals surface area (Å²) in [6.45, 7) is 4.07. The minimum Gasteiger partial charge on any atom is -0.467 e. The number of aliphatic hydroxyl groups is 1. The van der Waals surface area contributed by atoms with E-state index in [2.05, 4.69) is 11.7 Å². The van der Waals surface area contributed by atoms with Crippen molar-refractivity contribution in [1.82, 2.24) is 0 Å². The van der Waals surface area contributed by atoms with Gasteiger partial charge in [-0.25, -0.2) is 4.79 Å². The van der Waals surface area contributed by atoms with Gasteiger partial charge in [0.25, 0.3) is 0 Å². The lowest BCUT2D eigenvalue weighted by Crippen LogP contribution is -2.30. The first-order chi connectivity index (χ1) is 6.17. The molecule has 0 saturated carbocycles. The predicted molar refractivity (Wildman–Crippen MR) is 51.3 cm³/mol. The number of ether oxygens (including phenoxy) is 1. The number of hydrogen-bond donors (Lipinski definition) is 1. The molecule has 0 radical (unpaired) electrons. The van der Waals surface area contributed by atoms with E-state index in [-0.39, 0.29) is 5.92 Å². The number of esters is 1. The van der Waals surface area contributed by atoms with Crippen LogP contribution in [-0.4, -0.2) is 24.3 Å². The van der Waals surface area contributed by atoms with Gasteiger partial charge in [0.2, 0.25) is 0 Å². The van der Waals surface area contributed by atoms with Gasteiger partial charge in [-0.15, -0.1) is 0 Å². The predicted octanol–water partition coefficient (Wildman–Crippen LogP) is 1.74. The lowest BCUT2D eigenvalue weighted by Gasteiger charge is -2.18. The number of carbonyl (C=O) groups excluding carboxylic acids is 1. The monoisotopic (exact) mass is 188 g/mol. The van der Waals surface area contributed by atoms with Crippen LogP contribution in [0.3, 0.4) is 0 Å². The third-order valence-electron chi connectivity index (χ3n) is 2.34. The summed E-state index contributed by atoms with van der Waals surface area (Å²) >= 11 is 0. The first kappa shape index (κ1) is 12.4. The van der Waals surface area contributed by atoms with Gasteiger partial charge in [-0.3, -0.25) is 0 Å². The van der Waals surface area contributed by atoms with Gasteiger partial charge < -0.3 is 9.84 Å². The lowest BCUT2D eigenvalue weighted by molar-refractivity contribution is -0.153. The molecule has 0 aromatic rings. The summed E-state index contributed by atoms with van der Waals surface area (Å²) in [7, 11) is 1.30. The first-order valence-corrected chi connectivity index (χ1v) is 4.93. The van der Waals surface area contributed by atoms with E-state index in [0.29, 0.717) is 0 Å². The molecule has 0 saturated heterocycles. The molecule has 0 bridgehead atoms. The third kappa shape index (κ3) is 4.27. The van der Waals surface area contributed by atoms with Crippen molar-refractivity contribution in [3.63, 3.8) is 0 Å². The van der Waals surface area contributed by atoms with Crippen LogP contribution in [0.5, 0.6) is 0 Å². The Kier molecular flexibility index (Phi) is 6.59. The van der Waals surface area contributed by atoms with Crippen molar-refractivity contribution in [2.24, 2.45) is 5.92 Å². The second kappa shape index (κ2) is 6.89. The van der Waals surface area contributed by atoms with Crippen molar-refractivity contribution < 1.29 is 14.6 Å². The molecule has 0 fully saturated rings. The Balaban J connectivity index is 3.98. The van der Waals surface area contributed by atoms with Crippen LogP contribution >= 0.6 is 0 Å². The highest BCUT2D eigenvalue weighted by atomic mass is 16.5. The summed E-state index contributed by atoms with van der Waals surface area (Å²) in [6, 6.07) is 0. The van der Waals surface area contributed by atoms with Crippen molar-refractivity contribution in [2.75, 3.05) is 7.11 Å². The molecule has 2 atom stereocenters. The van der Waals surface area contributed by atoms with Gasteiger partial charge in [-0.1, -0.05) is 33.1 Å². The van der Waals surface area contributed by atoms with Gasteiger partial charge in [0.1, 0.15) is 0 Å². The fourth-order valence-electron chi connectivity index (χ4n) is 1.36. The minimum absolute atomic E-state index is 0.0485. The standard InChI is InChI=1S/C10H20O3/c1-4-6-7-8(5-2)9(11)10(12)13-3/h8-9,11H,4-7H2,1-3H3. The third-order valence-corrected chi connectivity index (χ3v) is 2.34. The van der Waals surface area contributed by atoms with Crippen LogP contribution in [0.2, 0.25) is 0 Å². The molecule has 78 valence electrons. The molecule has 0 rings (SSSR count). The molecule has 0 aliphatic heterocycles. The Morgan fingerprint density at radius 1 is 1.46 bits per heavy atom. The number of hydrogen-bond acceptors (Lipinski definition) is 3. The minimum atomic E-state index is -0.943. The highest BCUT2D eigenvalue weighted by molar-refractivity contribution is 5.74. The topological polar surface area (TPSA) is 46.5 Å². The van der Waals surface area contributed by atoms with Crippen molar-refractivity contribution in [3.8, 4) is 0 Å².